The van der Waals surface area contributed by atoms with Crippen molar-refractivity contribution in [3.05, 3.63) is 5.01 Å². The maximum Gasteiger partial charge on any atom is 0.208 e. The molecule has 1 aromatic rings. The number of rotatable bonds is 3. The van der Waals surface area contributed by atoms with Crippen LogP contribution in [0.15, 0.2) is 0 Å². The van der Waals surface area contributed by atoms with Crippen LogP contribution in [-0.4, -0.2) is 48.2 Å². The summed E-state index contributed by atoms with van der Waals surface area (Å²) in [5.41, 5.74) is 0. The van der Waals surface area contributed by atoms with E-state index in [1.807, 2.05) is 0 Å². The van der Waals surface area contributed by atoms with Crippen LogP contribution >= 0.6 is 22.9 Å². The molecule has 2 rings (SSSR count). The second kappa shape index (κ2) is 4.87. The number of morpholine rings is 1. The number of carbonyl (C=O) groups is 1. The number of hydrogen-bond acceptors (Lipinski definition) is 6. The molecule has 0 aliphatic carbocycles. The summed E-state index contributed by atoms with van der Waals surface area (Å²) >= 11 is 6.72. The van der Waals surface area contributed by atoms with E-state index in [0.29, 0.717) is 18.2 Å². The van der Waals surface area contributed by atoms with Gasteiger partial charge in [-0.05, 0) is 0 Å². The summed E-state index contributed by atoms with van der Waals surface area (Å²) in [6.07, 6.45) is 0. The van der Waals surface area contributed by atoms with Gasteiger partial charge in [-0.25, -0.2) is 0 Å². The summed E-state index contributed by atoms with van der Waals surface area (Å²) in [5, 5.41) is 8.93. The Morgan fingerprint density at radius 1 is 1.47 bits per heavy atom. The first kappa shape index (κ1) is 10.8. The largest absolute Gasteiger partial charge is 0.378 e. The number of anilines is 1. The normalized spacial score (nSPS) is 16.7. The average Bonchev–Trinajstić information content (AvgIpc) is 2.78. The number of ketones is 1. The lowest BCUT2D eigenvalue weighted by Gasteiger charge is -2.25. The molecule has 0 spiro atoms. The SMILES string of the molecule is O=C(CCl)c1nnc(N2CCOCC2)s1. The maximum atomic E-state index is 11.2. The number of alkyl halides is 1. The van der Waals surface area contributed by atoms with Crippen molar-refractivity contribution < 1.29 is 9.53 Å². The second-order valence-electron chi connectivity index (χ2n) is 3.05. The summed E-state index contributed by atoms with van der Waals surface area (Å²) in [4.78, 5) is 13.3. The van der Waals surface area contributed by atoms with E-state index < -0.39 is 0 Å². The van der Waals surface area contributed by atoms with Gasteiger partial charge in [0.1, 0.15) is 0 Å². The Kier molecular flexibility index (Phi) is 3.50. The van der Waals surface area contributed by atoms with E-state index in [2.05, 4.69) is 15.1 Å². The molecule has 0 atom stereocenters. The van der Waals surface area contributed by atoms with E-state index in [1.165, 1.54) is 11.3 Å². The predicted molar refractivity (Wildman–Crippen MR) is 58.0 cm³/mol. The number of carbonyl (C=O) groups excluding carboxylic acids is 1. The molecule has 1 saturated heterocycles. The Hall–Kier alpha value is -0.720. The van der Waals surface area contributed by atoms with Gasteiger partial charge in [-0.1, -0.05) is 11.3 Å². The van der Waals surface area contributed by atoms with Crippen molar-refractivity contribution in [3.8, 4) is 0 Å². The number of nitrogens with zero attached hydrogens (tertiary/aromatic N) is 3. The Morgan fingerprint density at radius 3 is 2.87 bits per heavy atom. The molecule has 7 heteroatoms. The van der Waals surface area contributed by atoms with Crippen LogP contribution in [0.1, 0.15) is 9.80 Å². The summed E-state index contributed by atoms with van der Waals surface area (Å²) < 4.78 is 5.22. The molecule has 0 radical (unpaired) electrons. The molecular formula is C8H10ClN3O2S. The molecule has 5 nitrogen and oxygen atoms in total. The monoisotopic (exact) mass is 247 g/mol. The third-order valence-corrected chi connectivity index (χ3v) is 3.32. The van der Waals surface area contributed by atoms with E-state index >= 15 is 0 Å². The van der Waals surface area contributed by atoms with E-state index in [-0.39, 0.29) is 11.7 Å². The third kappa shape index (κ3) is 2.45. The first-order valence-electron chi connectivity index (χ1n) is 4.56. The lowest BCUT2D eigenvalue weighted by molar-refractivity contribution is 0.102. The summed E-state index contributed by atoms with van der Waals surface area (Å²) in [5.74, 6) is -0.216. The van der Waals surface area contributed by atoms with Crippen LogP contribution in [0.2, 0.25) is 0 Å². The highest BCUT2D eigenvalue weighted by Crippen LogP contribution is 2.21. The van der Waals surface area contributed by atoms with Crippen LogP contribution in [0.4, 0.5) is 5.13 Å². The molecule has 0 unspecified atom stereocenters. The van der Waals surface area contributed by atoms with Gasteiger partial charge in [-0.2, -0.15) is 0 Å². The van der Waals surface area contributed by atoms with Crippen LogP contribution in [0.3, 0.4) is 0 Å². The van der Waals surface area contributed by atoms with E-state index in [9.17, 15) is 4.79 Å². The van der Waals surface area contributed by atoms with Gasteiger partial charge >= 0.3 is 0 Å². The molecule has 1 aromatic heterocycles. The molecule has 0 aromatic carbocycles. The zero-order chi connectivity index (χ0) is 10.7. The highest BCUT2D eigenvalue weighted by Gasteiger charge is 2.18. The maximum absolute atomic E-state index is 11.2. The molecule has 82 valence electrons. The quantitative estimate of drug-likeness (QED) is 0.584. The average molecular weight is 248 g/mol. The molecule has 2 heterocycles. The molecule has 0 N–H and O–H groups in total. The molecule has 15 heavy (non-hydrogen) atoms. The highest BCUT2D eigenvalue weighted by molar-refractivity contribution is 7.17. The molecule has 0 amide bonds. The summed E-state index contributed by atoms with van der Waals surface area (Å²) in [6, 6.07) is 0. The minimum absolute atomic E-state index is 0.0439. The standard InChI is InChI=1S/C8H10ClN3O2S/c9-5-6(13)7-10-11-8(15-7)12-1-3-14-4-2-12/h1-5H2. The van der Waals surface area contributed by atoms with Crippen LogP contribution in [0.5, 0.6) is 0 Å². The topological polar surface area (TPSA) is 55.3 Å². The predicted octanol–water partition coefficient (Wildman–Crippen LogP) is 0.796. The smallest absolute Gasteiger partial charge is 0.208 e. The second-order valence-corrected chi connectivity index (χ2v) is 4.27. The lowest BCUT2D eigenvalue weighted by atomic mass is 10.5. The molecule has 1 fully saturated rings. The van der Waals surface area contributed by atoms with E-state index in [1.54, 1.807) is 0 Å². The summed E-state index contributed by atoms with van der Waals surface area (Å²) in [6.45, 7) is 2.98. The van der Waals surface area contributed by atoms with Crippen molar-refractivity contribution in [1.29, 1.82) is 0 Å². The number of aromatic nitrogens is 2. The Bertz CT molecular complexity index is 351. The molecule has 1 aliphatic rings. The Morgan fingerprint density at radius 2 is 2.20 bits per heavy atom. The number of ether oxygens (including phenoxy) is 1. The summed E-state index contributed by atoms with van der Waals surface area (Å²) in [7, 11) is 0. The number of Topliss-reactive ketones (excluding diaryl/α,β-unsaturated/α-hetero) is 1. The van der Waals surface area contributed by atoms with Crippen LogP contribution in [-0.2, 0) is 4.74 Å². The minimum atomic E-state index is -0.173. The fourth-order valence-corrected chi connectivity index (χ4v) is 2.31. The van der Waals surface area contributed by atoms with Gasteiger partial charge in [0.25, 0.3) is 0 Å². The van der Waals surface area contributed by atoms with Crippen molar-refractivity contribution in [2.24, 2.45) is 0 Å². The Balaban J connectivity index is 2.08. The zero-order valence-electron chi connectivity index (χ0n) is 7.98. The first-order valence-corrected chi connectivity index (χ1v) is 5.91. The van der Waals surface area contributed by atoms with Crippen molar-refractivity contribution >= 4 is 33.9 Å². The zero-order valence-corrected chi connectivity index (χ0v) is 9.55. The highest BCUT2D eigenvalue weighted by atomic mass is 35.5. The van der Waals surface area contributed by atoms with Gasteiger partial charge < -0.3 is 9.64 Å². The van der Waals surface area contributed by atoms with Crippen molar-refractivity contribution in [2.45, 2.75) is 0 Å². The van der Waals surface area contributed by atoms with E-state index in [4.69, 9.17) is 16.3 Å². The van der Waals surface area contributed by atoms with Crippen molar-refractivity contribution in [2.75, 3.05) is 37.1 Å². The van der Waals surface area contributed by atoms with Gasteiger partial charge in [0.2, 0.25) is 10.9 Å². The molecule has 1 aliphatic heterocycles. The van der Waals surface area contributed by atoms with Crippen molar-refractivity contribution in [1.82, 2.24) is 10.2 Å². The lowest BCUT2D eigenvalue weighted by Crippen LogP contribution is -2.36. The molecular weight excluding hydrogens is 238 g/mol. The van der Waals surface area contributed by atoms with Gasteiger partial charge in [0.05, 0.1) is 19.1 Å². The van der Waals surface area contributed by atoms with Gasteiger partial charge in [-0.3, -0.25) is 4.79 Å². The van der Waals surface area contributed by atoms with Gasteiger partial charge in [-0.15, -0.1) is 21.8 Å². The van der Waals surface area contributed by atoms with E-state index in [0.717, 1.165) is 18.2 Å². The molecule has 0 bridgehead atoms. The third-order valence-electron chi connectivity index (χ3n) is 2.06. The van der Waals surface area contributed by atoms with Crippen LogP contribution in [0.25, 0.3) is 0 Å². The van der Waals surface area contributed by atoms with Gasteiger partial charge in [0, 0.05) is 13.1 Å². The van der Waals surface area contributed by atoms with Crippen LogP contribution in [0, 0.1) is 0 Å². The fourth-order valence-electron chi connectivity index (χ4n) is 1.27. The fraction of sp³-hybridized carbons (Fsp3) is 0.625. The van der Waals surface area contributed by atoms with Gasteiger partial charge in [0.15, 0.2) is 5.01 Å². The number of hydrogen-bond donors (Lipinski definition) is 0. The number of halogens is 1. The first-order chi connectivity index (χ1) is 7.31. The molecule has 0 saturated carbocycles. The van der Waals surface area contributed by atoms with Crippen LogP contribution < -0.4 is 4.90 Å². The minimum Gasteiger partial charge on any atom is -0.378 e. The Labute approximate surface area is 96.0 Å². The van der Waals surface area contributed by atoms with Crippen molar-refractivity contribution in [3.63, 3.8) is 0 Å².